The predicted octanol–water partition coefficient (Wildman–Crippen LogP) is 1.22. The molecule has 0 amide bonds. The Balaban J connectivity index is 2.83. The molecule has 0 atom stereocenters. The van der Waals surface area contributed by atoms with Crippen LogP contribution in [-0.2, 0) is 4.74 Å². The maximum Gasteiger partial charge on any atom is 0.513 e. The first-order valence-corrected chi connectivity index (χ1v) is 3.47. The standard InChI is InChI=1S/C8H7NO4/c1-5-4-6(2-3-9-5)7(10)13-8(11)12/h2-4H,1H3,(H,11,12). The quantitative estimate of drug-likeness (QED) is 0.520. The second kappa shape index (κ2) is 3.66. The Morgan fingerprint density at radius 2 is 2.23 bits per heavy atom. The summed E-state index contributed by atoms with van der Waals surface area (Å²) >= 11 is 0. The lowest BCUT2D eigenvalue weighted by Crippen LogP contribution is -2.10. The largest absolute Gasteiger partial charge is 0.513 e. The second-order valence-corrected chi connectivity index (χ2v) is 2.34. The van der Waals surface area contributed by atoms with Gasteiger partial charge in [0.1, 0.15) is 0 Å². The fourth-order valence-electron chi connectivity index (χ4n) is 0.811. The van der Waals surface area contributed by atoms with Crippen LogP contribution >= 0.6 is 0 Å². The van der Waals surface area contributed by atoms with Gasteiger partial charge >= 0.3 is 12.1 Å². The maximum atomic E-state index is 11.0. The molecule has 0 aliphatic rings. The normalized spacial score (nSPS) is 9.31. The highest BCUT2D eigenvalue weighted by molar-refractivity contribution is 5.94. The first-order valence-electron chi connectivity index (χ1n) is 3.47. The summed E-state index contributed by atoms with van der Waals surface area (Å²) in [7, 11) is 0. The Hall–Kier alpha value is -1.91. The molecule has 0 spiro atoms. The third kappa shape index (κ3) is 2.55. The number of carbonyl (C=O) groups excluding carboxylic acids is 1. The van der Waals surface area contributed by atoms with Crippen molar-refractivity contribution < 1.29 is 19.4 Å². The lowest BCUT2D eigenvalue weighted by atomic mass is 10.2. The van der Waals surface area contributed by atoms with Crippen LogP contribution in [0.2, 0.25) is 0 Å². The van der Waals surface area contributed by atoms with Gasteiger partial charge in [0.15, 0.2) is 0 Å². The molecule has 1 aromatic heterocycles. The first kappa shape index (κ1) is 9.18. The number of hydrogen-bond acceptors (Lipinski definition) is 4. The van der Waals surface area contributed by atoms with Crippen LogP contribution in [0.1, 0.15) is 16.1 Å². The zero-order valence-electron chi connectivity index (χ0n) is 6.85. The third-order valence-electron chi connectivity index (χ3n) is 1.31. The monoisotopic (exact) mass is 181 g/mol. The Bertz CT molecular complexity index is 348. The summed E-state index contributed by atoms with van der Waals surface area (Å²) in [5.74, 6) is -0.891. The number of aryl methyl sites for hydroxylation is 1. The van der Waals surface area contributed by atoms with Gasteiger partial charge in [-0.05, 0) is 19.1 Å². The van der Waals surface area contributed by atoms with E-state index in [1.54, 1.807) is 6.92 Å². The molecular weight excluding hydrogens is 174 g/mol. The molecule has 0 radical (unpaired) electrons. The zero-order valence-corrected chi connectivity index (χ0v) is 6.85. The fraction of sp³-hybridized carbons (Fsp3) is 0.125. The highest BCUT2D eigenvalue weighted by atomic mass is 16.7. The van der Waals surface area contributed by atoms with Crippen LogP contribution in [0.25, 0.3) is 0 Å². The van der Waals surface area contributed by atoms with Gasteiger partial charge < -0.3 is 9.84 Å². The minimum atomic E-state index is -1.61. The second-order valence-electron chi connectivity index (χ2n) is 2.34. The number of carbonyl (C=O) groups is 2. The van der Waals surface area contributed by atoms with E-state index < -0.39 is 12.1 Å². The molecule has 1 aromatic rings. The van der Waals surface area contributed by atoms with Gasteiger partial charge in [-0.1, -0.05) is 0 Å². The lowest BCUT2D eigenvalue weighted by molar-refractivity contribution is 0.0509. The SMILES string of the molecule is Cc1cc(C(=O)OC(=O)O)ccn1. The van der Waals surface area contributed by atoms with Crippen LogP contribution in [0.5, 0.6) is 0 Å². The van der Waals surface area contributed by atoms with Crippen molar-refractivity contribution in [1.82, 2.24) is 4.98 Å². The molecule has 13 heavy (non-hydrogen) atoms. The van der Waals surface area contributed by atoms with Crippen molar-refractivity contribution in [2.75, 3.05) is 0 Å². The molecule has 5 nitrogen and oxygen atoms in total. The minimum absolute atomic E-state index is 0.176. The van der Waals surface area contributed by atoms with Crippen molar-refractivity contribution in [2.24, 2.45) is 0 Å². The molecule has 0 saturated carbocycles. The molecule has 0 aliphatic carbocycles. The van der Waals surface area contributed by atoms with Crippen molar-refractivity contribution >= 4 is 12.1 Å². The van der Waals surface area contributed by atoms with Crippen LogP contribution in [0, 0.1) is 6.92 Å². The molecule has 0 unspecified atom stereocenters. The number of esters is 1. The Kier molecular flexibility index (Phi) is 2.59. The summed E-state index contributed by atoms with van der Waals surface area (Å²) in [6, 6.07) is 2.84. The first-order chi connectivity index (χ1) is 6.09. The number of nitrogens with zero attached hydrogens (tertiary/aromatic N) is 1. The van der Waals surface area contributed by atoms with Gasteiger partial charge in [0.05, 0.1) is 5.56 Å². The molecule has 1 N–H and O–H groups in total. The van der Waals surface area contributed by atoms with Gasteiger partial charge in [-0.2, -0.15) is 0 Å². The third-order valence-corrected chi connectivity index (χ3v) is 1.31. The van der Waals surface area contributed by atoms with Crippen molar-refractivity contribution in [1.29, 1.82) is 0 Å². The van der Waals surface area contributed by atoms with E-state index in [9.17, 15) is 9.59 Å². The van der Waals surface area contributed by atoms with E-state index in [1.807, 2.05) is 0 Å². The molecule has 0 aromatic carbocycles. The number of aromatic nitrogens is 1. The molecule has 5 heteroatoms. The smallest absolute Gasteiger partial charge is 0.449 e. The number of hydrogen-bond donors (Lipinski definition) is 1. The number of ether oxygens (including phenoxy) is 1. The summed E-state index contributed by atoms with van der Waals surface area (Å²) in [4.78, 5) is 24.8. The van der Waals surface area contributed by atoms with Crippen molar-refractivity contribution in [3.63, 3.8) is 0 Å². The lowest BCUT2D eigenvalue weighted by Gasteiger charge is -1.98. The summed E-state index contributed by atoms with van der Waals surface area (Å²) in [5, 5.41) is 8.16. The van der Waals surface area contributed by atoms with Crippen LogP contribution in [0.3, 0.4) is 0 Å². The molecule has 0 saturated heterocycles. The topological polar surface area (TPSA) is 76.5 Å². The van der Waals surface area contributed by atoms with Crippen molar-refractivity contribution in [2.45, 2.75) is 6.92 Å². The number of carboxylic acid groups (broad SMARTS) is 1. The fourth-order valence-corrected chi connectivity index (χ4v) is 0.811. The van der Waals surface area contributed by atoms with E-state index in [2.05, 4.69) is 9.72 Å². The van der Waals surface area contributed by atoms with Gasteiger partial charge in [-0.25, -0.2) is 9.59 Å². The predicted molar refractivity (Wildman–Crippen MR) is 42.4 cm³/mol. The summed E-state index contributed by atoms with van der Waals surface area (Å²) in [6.07, 6.45) is -0.201. The van der Waals surface area contributed by atoms with E-state index >= 15 is 0 Å². The van der Waals surface area contributed by atoms with E-state index in [0.29, 0.717) is 5.69 Å². The van der Waals surface area contributed by atoms with Crippen molar-refractivity contribution in [3.05, 3.63) is 29.6 Å². The zero-order chi connectivity index (χ0) is 9.84. The maximum absolute atomic E-state index is 11.0. The number of pyridine rings is 1. The van der Waals surface area contributed by atoms with E-state index in [0.717, 1.165) is 0 Å². The van der Waals surface area contributed by atoms with E-state index in [-0.39, 0.29) is 5.56 Å². The molecule has 0 aliphatic heterocycles. The molecule has 0 bridgehead atoms. The van der Waals surface area contributed by atoms with Crippen LogP contribution in [0.4, 0.5) is 4.79 Å². The van der Waals surface area contributed by atoms with Gasteiger partial charge in [0, 0.05) is 11.9 Å². The summed E-state index contributed by atoms with van der Waals surface area (Å²) in [6.45, 7) is 1.69. The molecule has 1 heterocycles. The highest BCUT2D eigenvalue weighted by Crippen LogP contribution is 2.02. The van der Waals surface area contributed by atoms with Gasteiger partial charge in [0.2, 0.25) is 0 Å². The highest BCUT2D eigenvalue weighted by Gasteiger charge is 2.11. The average Bonchev–Trinajstić information content (AvgIpc) is 2.03. The van der Waals surface area contributed by atoms with Crippen molar-refractivity contribution in [3.8, 4) is 0 Å². The molecule has 68 valence electrons. The Morgan fingerprint density at radius 1 is 1.54 bits per heavy atom. The Labute approximate surface area is 74.0 Å². The van der Waals surface area contributed by atoms with Crippen LogP contribution < -0.4 is 0 Å². The van der Waals surface area contributed by atoms with Gasteiger partial charge in [0.25, 0.3) is 0 Å². The molecular formula is C8H7NO4. The summed E-state index contributed by atoms with van der Waals surface area (Å²) < 4.78 is 3.94. The molecule has 1 rings (SSSR count). The van der Waals surface area contributed by atoms with Gasteiger partial charge in [-0.3, -0.25) is 4.98 Å². The number of rotatable bonds is 1. The Morgan fingerprint density at radius 3 is 2.77 bits per heavy atom. The van der Waals surface area contributed by atoms with Crippen LogP contribution in [0.15, 0.2) is 18.3 Å². The van der Waals surface area contributed by atoms with Gasteiger partial charge in [-0.15, -0.1) is 0 Å². The van der Waals surface area contributed by atoms with Crippen LogP contribution in [-0.4, -0.2) is 22.2 Å². The minimum Gasteiger partial charge on any atom is -0.449 e. The van der Waals surface area contributed by atoms with E-state index in [4.69, 9.17) is 5.11 Å². The average molecular weight is 181 g/mol. The summed E-state index contributed by atoms with van der Waals surface area (Å²) in [5.41, 5.74) is 0.801. The molecule has 0 fully saturated rings. The van der Waals surface area contributed by atoms with E-state index in [1.165, 1.54) is 18.3 Å².